The van der Waals surface area contributed by atoms with Gasteiger partial charge in [0.2, 0.25) is 0 Å². The van der Waals surface area contributed by atoms with Crippen molar-refractivity contribution in [3.63, 3.8) is 0 Å². The number of hydrogen-bond acceptors (Lipinski definition) is 2. The fraction of sp³-hybridized carbons (Fsp3) is 1.00. The van der Waals surface area contributed by atoms with Crippen LogP contribution in [0, 0.1) is 0 Å². The highest BCUT2D eigenvalue weighted by atomic mass is 16.3. The van der Waals surface area contributed by atoms with Crippen molar-refractivity contribution in [1.82, 2.24) is 4.90 Å². The average molecular weight is 143 g/mol. The van der Waals surface area contributed by atoms with Crippen LogP contribution in [-0.2, 0) is 0 Å². The molecule has 0 saturated carbocycles. The molecule has 10 heavy (non-hydrogen) atoms. The van der Waals surface area contributed by atoms with Crippen molar-refractivity contribution >= 4 is 0 Å². The number of aliphatic hydroxyl groups is 1. The van der Waals surface area contributed by atoms with Gasteiger partial charge in [-0.15, -0.1) is 0 Å². The fourth-order valence-corrected chi connectivity index (χ4v) is 1.60. The highest BCUT2D eigenvalue weighted by Gasteiger charge is 2.20. The Bertz CT molecular complexity index is 103. The van der Waals surface area contributed by atoms with Gasteiger partial charge in [0.25, 0.3) is 0 Å². The van der Waals surface area contributed by atoms with E-state index in [-0.39, 0.29) is 6.10 Å². The van der Waals surface area contributed by atoms with Crippen LogP contribution in [-0.4, -0.2) is 35.2 Å². The molecule has 1 saturated heterocycles. The average Bonchev–Trinajstić information content (AvgIpc) is 2.15. The van der Waals surface area contributed by atoms with Gasteiger partial charge in [-0.05, 0) is 33.2 Å². The maximum absolute atomic E-state index is 9.09. The molecule has 2 heteroatoms. The van der Waals surface area contributed by atoms with E-state index in [2.05, 4.69) is 11.8 Å². The Labute approximate surface area is 62.8 Å². The maximum atomic E-state index is 9.09. The van der Waals surface area contributed by atoms with E-state index < -0.39 is 0 Å². The van der Waals surface area contributed by atoms with E-state index >= 15 is 0 Å². The molecule has 0 aromatic heterocycles. The Morgan fingerprint density at radius 1 is 1.70 bits per heavy atom. The summed E-state index contributed by atoms with van der Waals surface area (Å²) in [5.41, 5.74) is 0. The predicted molar refractivity (Wildman–Crippen MR) is 41.9 cm³/mol. The Morgan fingerprint density at radius 2 is 2.40 bits per heavy atom. The number of β-amino-alcohol motifs (C(OH)–C–C–N with tert-alkyl or cyclic N) is 1. The van der Waals surface area contributed by atoms with Crippen LogP contribution in [0.2, 0.25) is 0 Å². The first-order valence-corrected chi connectivity index (χ1v) is 4.12. The van der Waals surface area contributed by atoms with E-state index in [0.717, 1.165) is 6.54 Å². The van der Waals surface area contributed by atoms with Crippen molar-refractivity contribution in [2.24, 2.45) is 0 Å². The molecule has 1 unspecified atom stereocenters. The van der Waals surface area contributed by atoms with Gasteiger partial charge in [0, 0.05) is 12.6 Å². The van der Waals surface area contributed by atoms with E-state index in [9.17, 15) is 0 Å². The van der Waals surface area contributed by atoms with E-state index in [1.54, 1.807) is 0 Å². The Balaban J connectivity index is 2.26. The number of aliphatic hydroxyl groups excluding tert-OH is 1. The van der Waals surface area contributed by atoms with Crippen LogP contribution < -0.4 is 0 Å². The molecular formula is C8H17NO. The molecule has 2 nitrogen and oxygen atoms in total. The second kappa shape index (κ2) is 3.35. The van der Waals surface area contributed by atoms with Crippen LogP contribution in [0.4, 0.5) is 0 Å². The van der Waals surface area contributed by atoms with E-state index in [1.165, 1.54) is 19.4 Å². The van der Waals surface area contributed by atoms with Gasteiger partial charge in [0.1, 0.15) is 0 Å². The van der Waals surface area contributed by atoms with Gasteiger partial charge in [0.05, 0.1) is 6.10 Å². The summed E-state index contributed by atoms with van der Waals surface area (Å²) >= 11 is 0. The lowest BCUT2D eigenvalue weighted by Gasteiger charge is -2.21. The van der Waals surface area contributed by atoms with Crippen molar-refractivity contribution in [2.75, 3.05) is 13.1 Å². The molecule has 0 radical (unpaired) electrons. The number of hydrogen-bond donors (Lipinski definition) is 1. The summed E-state index contributed by atoms with van der Waals surface area (Å²) in [6, 6.07) is 0.689. The fourth-order valence-electron chi connectivity index (χ4n) is 1.60. The zero-order valence-electron chi connectivity index (χ0n) is 6.88. The second-order valence-electron chi connectivity index (χ2n) is 3.34. The highest BCUT2D eigenvalue weighted by molar-refractivity contribution is 4.75. The van der Waals surface area contributed by atoms with Gasteiger partial charge in [0.15, 0.2) is 0 Å². The Kier molecular flexibility index (Phi) is 2.69. The minimum absolute atomic E-state index is 0.166. The lowest BCUT2D eigenvalue weighted by molar-refractivity contribution is 0.123. The van der Waals surface area contributed by atoms with Crippen molar-refractivity contribution in [3.8, 4) is 0 Å². The smallest absolute Gasteiger partial charge is 0.0639 e. The standard InChI is InChI=1S/C8H17NO/c1-7-4-3-5-9(7)6-8(2)10/h7-8,10H,3-6H2,1-2H3/t7-,8?/m1/s1. The van der Waals surface area contributed by atoms with Crippen molar-refractivity contribution in [2.45, 2.75) is 38.8 Å². The normalized spacial score (nSPS) is 30.9. The second-order valence-corrected chi connectivity index (χ2v) is 3.34. The molecule has 0 aromatic carbocycles. The lowest BCUT2D eigenvalue weighted by Crippen LogP contribution is -2.33. The number of likely N-dealkylation sites (tertiary alicyclic amines) is 1. The molecule has 0 bridgehead atoms. The monoisotopic (exact) mass is 143 g/mol. The largest absolute Gasteiger partial charge is 0.392 e. The topological polar surface area (TPSA) is 23.5 Å². The molecule has 1 fully saturated rings. The molecule has 0 amide bonds. The van der Waals surface area contributed by atoms with Gasteiger partial charge >= 0.3 is 0 Å². The van der Waals surface area contributed by atoms with E-state index in [0.29, 0.717) is 6.04 Å². The Morgan fingerprint density at radius 3 is 2.80 bits per heavy atom. The van der Waals surface area contributed by atoms with E-state index in [4.69, 9.17) is 5.11 Å². The zero-order valence-corrected chi connectivity index (χ0v) is 6.88. The van der Waals surface area contributed by atoms with Crippen LogP contribution in [0.3, 0.4) is 0 Å². The minimum Gasteiger partial charge on any atom is -0.392 e. The molecule has 60 valence electrons. The van der Waals surface area contributed by atoms with Gasteiger partial charge in [-0.1, -0.05) is 0 Å². The maximum Gasteiger partial charge on any atom is 0.0639 e. The third kappa shape index (κ3) is 1.96. The van der Waals surface area contributed by atoms with Crippen LogP contribution in [0.5, 0.6) is 0 Å². The predicted octanol–water partition coefficient (Wildman–Crippen LogP) is 0.852. The van der Waals surface area contributed by atoms with Gasteiger partial charge in [-0.25, -0.2) is 0 Å². The quantitative estimate of drug-likeness (QED) is 0.619. The van der Waals surface area contributed by atoms with Crippen molar-refractivity contribution in [3.05, 3.63) is 0 Å². The third-order valence-corrected chi connectivity index (χ3v) is 2.19. The Hall–Kier alpha value is -0.0800. The first-order chi connectivity index (χ1) is 4.70. The first kappa shape index (κ1) is 8.02. The van der Waals surface area contributed by atoms with Crippen molar-refractivity contribution in [1.29, 1.82) is 0 Å². The van der Waals surface area contributed by atoms with Crippen LogP contribution in [0.15, 0.2) is 0 Å². The summed E-state index contributed by atoms with van der Waals surface area (Å²) in [5, 5.41) is 9.09. The number of nitrogens with zero attached hydrogens (tertiary/aromatic N) is 1. The van der Waals surface area contributed by atoms with Crippen molar-refractivity contribution < 1.29 is 5.11 Å². The lowest BCUT2D eigenvalue weighted by atomic mass is 10.2. The summed E-state index contributed by atoms with van der Waals surface area (Å²) in [7, 11) is 0. The molecule has 2 atom stereocenters. The molecule has 1 heterocycles. The summed E-state index contributed by atoms with van der Waals surface area (Å²) in [5.74, 6) is 0. The summed E-state index contributed by atoms with van der Waals surface area (Å²) in [6.07, 6.45) is 2.43. The summed E-state index contributed by atoms with van der Waals surface area (Å²) < 4.78 is 0. The zero-order chi connectivity index (χ0) is 7.56. The first-order valence-electron chi connectivity index (χ1n) is 4.12. The molecule has 1 N–H and O–H groups in total. The van der Waals surface area contributed by atoms with Gasteiger partial charge in [-0.2, -0.15) is 0 Å². The number of rotatable bonds is 2. The van der Waals surface area contributed by atoms with E-state index in [1.807, 2.05) is 6.92 Å². The summed E-state index contributed by atoms with van der Waals surface area (Å²) in [6.45, 7) is 6.10. The highest BCUT2D eigenvalue weighted by Crippen LogP contribution is 2.15. The molecule has 0 aliphatic carbocycles. The molecule has 1 aliphatic rings. The molecular weight excluding hydrogens is 126 g/mol. The van der Waals surface area contributed by atoms with Crippen LogP contribution >= 0.6 is 0 Å². The molecule has 0 aromatic rings. The minimum atomic E-state index is -0.166. The molecule has 0 spiro atoms. The SMILES string of the molecule is CC(O)CN1CCC[C@H]1C. The third-order valence-electron chi connectivity index (χ3n) is 2.19. The van der Waals surface area contributed by atoms with Gasteiger partial charge < -0.3 is 5.11 Å². The van der Waals surface area contributed by atoms with Crippen LogP contribution in [0.25, 0.3) is 0 Å². The molecule has 1 rings (SSSR count). The summed E-state index contributed by atoms with van der Waals surface area (Å²) in [4.78, 5) is 2.35. The van der Waals surface area contributed by atoms with Gasteiger partial charge in [-0.3, -0.25) is 4.90 Å². The molecule has 1 aliphatic heterocycles. The van der Waals surface area contributed by atoms with Crippen LogP contribution in [0.1, 0.15) is 26.7 Å².